The van der Waals surface area contributed by atoms with Crippen LogP contribution in [0.2, 0.25) is 0 Å². The molecule has 2 aliphatic carbocycles. The van der Waals surface area contributed by atoms with Crippen molar-refractivity contribution < 1.29 is 18.0 Å². The molecule has 0 bridgehead atoms. The Kier molecular flexibility index (Phi) is 6.32. The van der Waals surface area contributed by atoms with Gasteiger partial charge in [0.15, 0.2) is 0 Å². The standard InChI is InChI=1S/C24H25ClF3NO/c1-13-9-19(24(26,27)28)22(20(25)10-13)23(30)29-21-8-6-5-7-17(21)14(2)11-15(3)18-12-16(18)4/h5-9,14-15,18H,1,4,10-12H2,2-3H3,(H,29,30). The zero-order chi connectivity index (χ0) is 22.2. The zero-order valence-electron chi connectivity index (χ0n) is 17.1. The predicted octanol–water partition coefficient (Wildman–Crippen LogP) is 7.27. The van der Waals surface area contributed by atoms with Crippen molar-refractivity contribution >= 4 is 23.2 Å². The number of nitrogens with one attached hydrogen (secondary N) is 1. The molecule has 6 heteroatoms. The van der Waals surface area contributed by atoms with Gasteiger partial charge in [0.1, 0.15) is 0 Å². The van der Waals surface area contributed by atoms with E-state index in [4.69, 9.17) is 11.6 Å². The Hall–Kier alpha value is -2.27. The molecule has 0 spiro atoms. The minimum Gasteiger partial charge on any atom is -0.322 e. The van der Waals surface area contributed by atoms with E-state index in [1.165, 1.54) is 5.57 Å². The first kappa shape index (κ1) is 22.4. The molecule has 3 rings (SSSR count). The first-order chi connectivity index (χ1) is 14.0. The normalized spacial score (nSPS) is 21.3. The highest BCUT2D eigenvalue weighted by Crippen LogP contribution is 2.46. The number of amides is 1. The topological polar surface area (TPSA) is 29.1 Å². The van der Waals surface area contributed by atoms with Gasteiger partial charge in [-0.15, -0.1) is 0 Å². The number of hydrogen-bond donors (Lipinski definition) is 1. The number of rotatable bonds is 6. The van der Waals surface area contributed by atoms with Crippen molar-refractivity contribution in [3.05, 3.63) is 76.4 Å². The third kappa shape index (κ3) is 4.89. The van der Waals surface area contributed by atoms with Gasteiger partial charge in [0.05, 0.1) is 11.1 Å². The lowest BCUT2D eigenvalue weighted by Crippen LogP contribution is -2.26. The van der Waals surface area contributed by atoms with E-state index in [1.807, 2.05) is 12.1 Å². The maximum atomic E-state index is 13.5. The van der Waals surface area contributed by atoms with Crippen molar-refractivity contribution in [2.75, 3.05) is 5.32 Å². The molecule has 1 N–H and O–H groups in total. The minimum absolute atomic E-state index is 0.0186. The van der Waals surface area contributed by atoms with Crippen LogP contribution in [0, 0.1) is 11.8 Å². The van der Waals surface area contributed by atoms with E-state index in [9.17, 15) is 18.0 Å². The summed E-state index contributed by atoms with van der Waals surface area (Å²) in [5, 5.41) is 2.51. The summed E-state index contributed by atoms with van der Waals surface area (Å²) >= 11 is 6.07. The van der Waals surface area contributed by atoms with Crippen molar-refractivity contribution in [3.8, 4) is 0 Å². The van der Waals surface area contributed by atoms with Crippen molar-refractivity contribution in [1.29, 1.82) is 0 Å². The highest BCUT2D eigenvalue weighted by molar-refractivity contribution is 6.33. The Morgan fingerprint density at radius 2 is 1.90 bits per heavy atom. The van der Waals surface area contributed by atoms with Gasteiger partial charge in [-0.25, -0.2) is 0 Å². The number of anilines is 1. The fourth-order valence-electron chi connectivity index (χ4n) is 4.13. The van der Waals surface area contributed by atoms with E-state index in [1.54, 1.807) is 12.1 Å². The lowest BCUT2D eigenvalue weighted by molar-refractivity contribution is -0.115. The number of alkyl halides is 3. The fourth-order valence-corrected chi connectivity index (χ4v) is 4.49. The van der Waals surface area contributed by atoms with Gasteiger partial charge in [0.25, 0.3) is 5.91 Å². The molecule has 160 valence electrons. The van der Waals surface area contributed by atoms with E-state index in [0.717, 1.165) is 24.5 Å². The molecule has 2 nitrogen and oxygen atoms in total. The van der Waals surface area contributed by atoms with Crippen LogP contribution in [-0.2, 0) is 4.79 Å². The second-order valence-corrected chi connectivity index (χ2v) is 8.75. The van der Waals surface area contributed by atoms with Crippen molar-refractivity contribution in [3.63, 3.8) is 0 Å². The number of para-hydroxylation sites is 1. The number of halogens is 4. The summed E-state index contributed by atoms with van der Waals surface area (Å²) < 4.78 is 40.5. The van der Waals surface area contributed by atoms with Crippen molar-refractivity contribution in [2.45, 2.75) is 45.2 Å². The monoisotopic (exact) mass is 435 g/mol. The Labute approximate surface area is 180 Å². The largest absolute Gasteiger partial charge is 0.417 e. The van der Waals surface area contributed by atoms with Crippen LogP contribution >= 0.6 is 11.6 Å². The van der Waals surface area contributed by atoms with Crippen LogP contribution in [0.1, 0.15) is 44.6 Å². The van der Waals surface area contributed by atoms with Crippen LogP contribution in [0.25, 0.3) is 0 Å². The number of carbonyl (C=O) groups excluding carboxylic acids is 1. The maximum absolute atomic E-state index is 13.5. The Morgan fingerprint density at radius 3 is 2.50 bits per heavy atom. The average molecular weight is 436 g/mol. The molecular formula is C24H25ClF3NO. The summed E-state index contributed by atoms with van der Waals surface area (Å²) in [4.78, 5) is 12.9. The third-order valence-corrected chi connectivity index (χ3v) is 6.12. The molecule has 2 aliphatic rings. The van der Waals surface area contributed by atoms with Crippen molar-refractivity contribution in [1.82, 2.24) is 0 Å². The van der Waals surface area contributed by atoms with Gasteiger partial charge in [0, 0.05) is 17.1 Å². The molecule has 1 fully saturated rings. The second kappa shape index (κ2) is 8.46. The van der Waals surface area contributed by atoms with E-state index >= 15 is 0 Å². The molecule has 1 aromatic rings. The number of benzene rings is 1. The molecule has 0 aliphatic heterocycles. The van der Waals surface area contributed by atoms with Gasteiger partial charge in [-0.1, -0.05) is 62.4 Å². The third-order valence-electron chi connectivity index (χ3n) is 5.80. The molecule has 0 saturated heterocycles. The van der Waals surface area contributed by atoms with Crippen LogP contribution in [0.4, 0.5) is 18.9 Å². The number of carbonyl (C=O) groups is 1. The zero-order valence-corrected chi connectivity index (χ0v) is 17.8. The Morgan fingerprint density at radius 1 is 1.27 bits per heavy atom. The van der Waals surface area contributed by atoms with E-state index < -0.39 is 23.2 Å². The van der Waals surface area contributed by atoms with E-state index in [-0.39, 0.29) is 22.9 Å². The summed E-state index contributed by atoms with van der Waals surface area (Å²) in [6.45, 7) is 11.8. The van der Waals surface area contributed by atoms with Crippen LogP contribution in [-0.4, -0.2) is 12.1 Å². The first-order valence-corrected chi connectivity index (χ1v) is 10.3. The molecule has 3 unspecified atom stereocenters. The Balaban J connectivity index is 1.83. The smallest absolute Gasteiger partial charge is 0.322 e. The van der Waals surface area contributed by atoms with Gasteiger partial charge in [-0.05, 0) is 53.9 Å². The lowest BCUT2D eigenvalue weighted by atomic mass is 9.87. The molecule has 0 heterocycles. The maximum Gasteiger partial charge on any atom is 0.417 e. The lowest BCUT2D eigenvalue weighted by Gasteiger charge is -2.23. The highest BCUT2D eigenvalue weighted by Gasteiger charge is 2.41. The van der Waals surface area contributed by atoms with Crippen LogP contribution in [0.5, 0.6) is 0 Å². The van der Waals surface area contributed by atoms with Crippen LogP contribution in [0.3, 0.4) is 0 Å². The highest BCUT2D eigenvalue weighted by atomic mass is 35.5. The molecule has 3 atom stereocenters. The summed E-state index contributed by atoms with van der Waals surface area (Å²) in [5.41, 5.74) is 1.27. The molecule has 1 aromatic carbocycles. The molecule has 1 amide bonds. The van der Waals surface area contributed by atoms with Gasteiger partial charge >= 0.3 is 6.18 Å². The minimum atomic E-state index is -4.70. The summed E-state index contributed by atoms with van der Waals surface area (Å²) in [7, 11) is 0. The molecule has 0 aromatic heterocycles. The fraction of sp³-hybridized carbons (Fsp3) is 0.375. The molecule has 30 heavy (non-hydrogen) atoms. The predicted molar refractivity (Wildman–Crippen MR) is 115 cm³/mol. The number of allylic oxidation sites excluding steroid dienone is 4. The summed E-state index contributed by atoms with van der Waals surface area (Å²) in [6.07, 6.45) is -1.85. The molecule has 0 radical (unpaired) electrons. The quantitative estimate of drug-likeness (QED) is 0.467. The number of hydrogen-bond acceptors (Lipinski definition) is 1. The van der Waals surface area contributed by atoms with Gasteiger partial charge in [-0.2, -0.15) is 13.2 Å². The summed E-state index contributed by atoms with van der Waals surface area (Å²) in [6, 6.07) is 7.21. The van der Waals surface area contributed by atoms with E-state index in [0.29, 0.717) is 17.5 Å². The summed E-state index contributed by atoms with van der Waals surface area (Å²) in [5.74, 6) is 0.253. The molecular weight excluding hydrogens is 411 g/mol. The SMILES string of the molecule is C=C1C=C(C(F)(F)F)C(C(=O)Nc2ccccc2C(C)CC(C)C2CC2=C)=C(Cl)C1. The Bertz CT molecular complexity index is 957. The second-order valence-electron chi connectivity index (χ2n) is 8.29. The average Bonchev–Trinajstić information content (AvgIpc) is 3.37. The van der Waals surface area contributed by atoms with Crippen molar-refractivity contribution in [2.24, 2.45) is 11.8 Å². The first-order valence-electron chi connectivity index (χ1n) is 9.92. The van der Waals surface area contributed by atoms with Gasteiger partial charge < -0.3 is 5.32 Å². The van der Waals surface area contributed by atoms with Crippen LogP contribution < -0.4 is 5.32 Å². The molecule has 1 saturated carbocycles. The van der Waals surface area contributed by atoms with Gasteiger partial charge in [0.2, 0.25) is 0 Å². The van der Waals surface area contributed by atoms with E-state index in [2.05, 4.69) is 32.3 Å². The van der Waals surface area contributed by atoms with Gasteiger partial charge in [-0.3, -0.25) is 4.79 Å². The van der Waals surface area contributed by atoms with Crippen LogP contribution in [0.15, 0.2) is 70.8 Å².